The fourth-order valence-corrected chi connectivity index (χ4v) is 1.60. The van der Waals surface area contributed by atoms with Gasteiger partial charge in [0.25, 0.3) is 0 Å². The number of hydrogen-bond acceptors (Lipinski definition) is 6. The molecule has 0 unspecified atom stereocenters. The lowest BCUT2D eigenvalue weighted by Crippen LogP contribution is -2.07. The summed E-state index contributed by atoms with van der Waals surface area (Å²) in [6.45, 7) is 3.35. The van der Waals surface area contributed by atoms with Gasteiger partial charge in [0.05, 0.1) is 6.54 Å². The highest BCUT2D eigenvalue weighted by molar-refractivity contribution is 5.46. The average molecular weight is 262 g/mol. The Labute approximate surface area is 111 Å². The van der Waals surface area contributed by atoms with E-state index in [0.29, 0.717) is 19.5 Å². The van der Waals surface area contributed by atoms with Gasteiger partial charge in [0.1, 0.15) is 29.5 Å². The largest absolute Gasteiger partial charge is 0.465 e. The summed E-state index contributed by atoms with van der Waals surface area (Å²) < 4.78 is 5.47. The van der Waals surface area contributed by atoms with Crippen molar-refractivity contribution >= 4 is 11.6 Å². The number of rotatable bonds is 7. The zero-order chi connectivity index (χ0) is 13.5. The predicted molar refractivity (Wildman–Crippen MR) is 73.0 cm³/mol. The van der Waals surface area contributed by atoms with Crippen molar-refractivity contribution < 1.29 is 9.52 Å². The molecule has 0 saturated carbocycles. The second kappa shape index (κ2) is 6.75. The second-order valence-electron chi connectivity index (χ2n) is 4.16. The van der Waals surface area contributed by atoms with Crippen LogP contribution in [0.4, 0.5) is 11.6 Å². The summed E-state index contributed by atoms with van der Waals surface area (Å²) in [5, 5.41) is 15.0. The van der Waals surface area contributed by atoms with E-state index in [4.69, 9.17) is 9.52 Å². The summed E-state index contributed by atoms with van der Waals surface area (Å²) >= 11 is 0. The number of aryl methyl sites for hydroxylation is 1. The van der Waals surface area contributed by atoms with Gasteiger partial charge < -0.3 is 20.2 Å². The van der Waals surface area contributed by atoms with E-state index in [1.54, 1.807) is 0 Å². The monoisotopic (exact) mass is 262 g/mol. The standard InChI is InChI=1S/C13H18N4O2/c1-10-3-4-11(19-10)8-15-13-7-12(16-9-17-13)14-5-2-6-18/h3-4,7,9,18H,2,5-6,8H2,1H3,(H2,14,15,16,17). The highest BCUT2D eigenvalue weighted by Gasteiger charge is 2.01. The lowest BCUT2D eigenvalue weighted by Gasteiger charge is -2.07. The van der Waals surface area contributed by atoms with Crippen LogP contribution in [-0.4, -0.2) is 28.2 Å². The summed E-state index contributed by atoms with van der Waals surface area (Å²) in [6, 6.07) is 5.69. The third kappa shape index (κ3) is 4.26. The highest BCUT2D eigenvalue weighted by atomic mass is 16.3. The Morgan fingerprint density at radius 1 is 1.21 bits per heavy atom. The number of anilines is 2. The Bertz CT molecular complexity index is 513. The minimum absolute atomic E-state index is 0.168. The molecule has 0 aromatic carbocycles. The summed E-state index contributed by atoms with van der Waals surface area (Å²) in [4.78, 5) is 8.24. The average Bonchev–Trinajstić information content (AvgIpc) is 2.83. The number of nitrogens with one attached hydrogen (secondary N) is 2. The summed E-state index contributed by atoms with van der Waals surface area (Å²) in [5.74, 6) is 3.23. The van der Waals surface area contributed by atoms with Crippen LogP contribution in [0.3, 0.4) is 0 Å². The van der Waals surface area contributed by atoms with Crippen molar-refractivity contribution in [2.24, 2.45) is 0 Å². The molecule has 0 saturated heterocycles. The Hall–Kier alpha value is -2.08. The number of aliphatic hydroxyl groups excluding tert-OH is 1. The van der Waals surface area contributed by atoms with E-state index in [1.165, 1.54) is 6.33 Å². The molecule has 2 rings (SSSR count). The second-order valence-corrected chi connectivity index (χ2v) is 4.16. The Kier molecular flexibility index (Phi) is 4.74. The molecular weight excluding hydrogens is 244 g/mol. The molecule has 0 amide bonds. The van der Waals surface area contributed by atoms with E-state index < -0.39 is 0 Å². The van der Waals surface area contributed by atoms with Crippen molar-refractivity contribution in [3.63, 3.8) is 0 Å². The van der Waals surface area contributed by atoms with Crippen molar-refractivity contribution in [2.45, 2.75) is 19.9 Å². The quantitative estimate of drug-likeness (QED) is 0.660. The number of hydrogen-bond donors (Lipinski definition) is 3. The first kappa shape index (κ1) is 13.4. The Morgan fingerprint density at radius 3 is 2.68 bits per heavy atom. The zero-order valence-electron chi connectivity index (χ0n) is 10.9. The predicted octanol–water partition coefficient (Wildman–Crippen LogP) is 1.78. The number of aromatic nitrogens is 2. The van der Waals surface area contributed by atoms with E-state index in [1.807, 2.05) is 25.1 Å². The van der Waals surface area contributed by atoms with Crippen molar-refractivity contribution in [1.82, 2.24) is 9.97 Å². The van der Waals surface area contributed by atoms with E-state index in [-0.39, 0.29) is 6.61 Å². The SMILES string of the molecule is Cc1ccc(CNc2cc(NCCCO)ncn2)o1. The normalized spacial score (nSPS) is 10.4. The van der Waals surface area contributed by atoms with Gasteiger partial charge in [0.15, 0.2) is 0 Å². The maximum Gasteiger partial charge on any atom is 0.131 e. The summed E-state index contributed by atoms with van der Waals surface area (Å²) in [7, 11) is 0. The molecule has 0 fully saturated rings. The highest BCUT2D eigenvalue weighted by Crippen LogP contribution is 2.12. The summed E-state index contributed by atoms with van der Waals surface area (Å²) in [5.41, 5.74) is 0. The van der Waals surface area contributed by atoms with Crippen LogP contribution in [-0.2, 0) is 6.54 Å². The fraction of sp³-hybridized carbons (Fsp3) is 0.385. The molecule has 0 spiro atoms. The van der Waals surface area contributed by atoms with E-state index in [9.17, 15) is 0 Å². The van der Waals surface area contributed by atoms with Gasteiger partial charge in [-0.1, -0.05) is 0 Å². The lowest BCUT2D eigenvalue weighted by molar-refractivity contribution is 0.292. The molecule has 2 aromatic heterocycles. The van der Waals surface area contributed by atoms with E-state index in [2.05, 4.69) is 20.6 Å². The van der Waals surface area contributed by atoms with Crippen LogP contribution in [0.25, 0.3) is 0 Å². The third-order valence-electron chi connectivity index (χ3n) is 2.55. The molecule has 0 atom stereocenters. The molecular formula is C13H18N4O2. The van der Waals surface area contributed by atoms with Crippen LogP contribution in [0.5, 0.6) is 0 Å². The molecule has 3 N–H and O–H groups in total. The maximum absolute atomic E-state index is 8.72. The van der Waals surface area contributed by atoms with Gasteiger partial charge in [0, 0.05) is 19.2 Å². The molecule has 0 radical (unpaired) electrons. The molecule has 0 aliphatic carbocycles. The third-order valence-corrected chi connectivity index (χ3v) is 2.55. The van der Waals surface area contributed by atoms with Crippen LogP contribution in [0.2, 0.25) is 0 Å². The molecule has 2 aromatic rings. The first-order valence-corrected chi connectivity index (χ1v) is 6.24. The molecule has 6 heteroatoms. The maximum atomic E-state index is 8.72. The van der Waals surface area contributed by atoms with Gasteiger partial charge in [-0.3, -0.25) is 0 Å². The van der Waals surface area contributed by atoms with Gasteiger partial charge in [-0.05, 0) is 25.5 Å². The van der Waals surface area contributed by atoms with E-state index >= 15 is 0 Å². The molecule has 0 aliphatic rings. The summed E-state index contributed by atoms with van der Waals surface area (Å²) in [6.07, 6.45) is 2.19. The van der Waals surface area contributed by atoms with Crippen molar-refractivity contribution in [3.8, 4) is 0 Å². The minimum atomic E-state index is 0.168. The fourth-order valence-electron chi connectivity index (χ4n) is 1.60. The Morgan fingerprint density at radius 2 is 2.00 bits per heavy atom. The van der Waals surface area contributed by atoms with Crippen LogP contribution >= 0.6 is 0 Å². The molecule has 2 heterocycles. The molecule has 0 bridgehead atoms. The van der Waals surface area contributed by atoms with Crippen LogP contribution < -0.4 is 10.6 Å². The first-order valence-electron chi connectivity index (χ1n) is 6.24. The molecule has 102 valence electrons. The van der Waals surface area contributed by atoms with Gasteiger partial charge in [-0.2, -0.15) is 0 Å². The van der Waals surface area contributed by atoms with Crippen LogP contribution in [0, 0.1) is 6.92 Å². The van der Waals surface area contributed by atoms with Gasteiger partial charge >= 0.3 is 0 Å². The topological polar surface area (TPSA) is 83.2 Å². The van der Waals surface area contributed by atoms with Crippen LogP contribution in [0.15, 0.2) is 28.9 Å². The smallest absolute Gasteiger partial charge is 0.131 e. The minimum Gasteiger partial charge on any atom is -0.465 e. The lowest BCUT2D eigenvalue weighted by atomic mass is 10.4. The number of nitrogens with zero attached hydrogens (tertiary/aromatic N) is 2. The van der Waals surface area contributed by atoms with Crippen molar-refractivity contribution in [1.29, 1.82) is 0 Å². The zero-order valence-corrected chi connectivity index (χ0v) is 10.9. The Balaban J connectivity index is 1.87. The van der Waals surface area contributed by atoms with Crippen LogP contribution in [0.1, 0.15) is 17.9 Å². The number of furan rings is 1. The first-order chi connectivity index (χ1) is 9.28. The van der Waals surface area contributed by atoms with Gasteiger partial charge in [-0.15, -0.1) is 0 Å². The van der Waals surface area contributed by atoms with Gasteiger partial charge in [-0.25, -0.2) is 9.97 Å². The molecule has 6 nitrogen and oxygen atoms in total. The molecule has 19 heavy (non-hydrogen) atoms. The van der Waals surface area contributed by atoms with Crippen molar-refractivity contribution in [2.75, 3.05) is 23.8 Å². The number of aliphatic hydroxyl groups is 1. The van der Waals surface area contributed by atoms with E-state index in [0.717, 1.165) is 23.2 Å². The molecule has 0 aliphatic heterocycles. The van der Waals surface area contributed by atoms with Crippen molar-refractivity contribution in [3.05, 3.63) is 36.0 Å². The van der Waals surface area contributed by atoms with Gasteiger partial charge in [0.2, 0.25) is 0 Å².